The molecule has 1 saturated carbocycles. The molecule has 2 atom stereocenters. The Morgan fingerprint density at radius 3 is 1.41 bits per heavy atom. The van der Waals surface area contributed by atoms with Gasteiger partial charge in [0.25, 0.3) is 0 Å². The first-order valence-electron chi connectivity index (χ1n) is 30.9. The maximum Gasteiger partial charge on any atom is 0.239 e. The molecule has 0 aliphatic heterocycles. The van der Waals surface area contributed by atoms with Gasteiger partial charge in [-0.1, -0.05) is 146 Å². The van der Waals surface area contributed by atoms with Gasteiger partial charge >= 0.3 is 0 Å². The number of carbonyl (C=O) groups excluding carboxylic acids is 2. The van der Waals surface area contributed by atoms with Crippen LogP contribution in [-0.4, -0.2) is 37.1 Å². The van der Waals surface area contributed by atoms with E-state index in [2.05, 4.69) is 10.6 Å². The summed E-state index contributed by atoms with van der Waals surface area (Å²) in [6.07, 6.45) is 3.98. The highest BCUT2D eigenvalue weighted by atomic mass is 16.5. The lowest BCUT2D eigenvalue weighted by Gasteiger charge is -2.33. The minimum atomic E-state index is -0.403. The van der Waals surface area contributed by atoms with E-state index in [1.54, 1.807) is 6.07 Å². The second-order valence-electron chi connectivity index (χ2n) is 23.0. The summed E-state index contributed by atoms with van der Waals surface area (Å²) in [4.78, 5) is 56.9. The molecule has 11 rings (SSSR count). The summed E-state index contributed by atoms with van der Waals surface area (Å²) < 4.78 is 51.0. The van der Waals surface area contributed by atoms with Gasteiger partial charge in [-0.3, -0.25) is 19.2 Å². The highest BCUT2D eigenvalue weighted by Gasteiger charge is 2.29. The minimum absolute atomic E-state index is 0.00380. The molecular weight excluding hydrogens is 1130 g/mol. The highest BCUT2D eigenvalue weighted by molar-refractivity contribution is 5.89. The summed E-state index contributed by atoms with van der Waals surface area (Å²) in [5.74, 6) is 2.37. The summed E-state index contributed by atoms with van der Waals surface area (Å²) in [7, 11) is 0. The van der Waals surface area contributed by atoms with E-state index < -0.39 is 5.43 Å². The molecule has 2 N–H and O–H groups in total. The van der Waals surface area contributed by atoms with Gasteiger partial charge in [0.2, 0.25) is 34.2 Å². The molecule has 460 valence electrons. The average Bonchev–Trinajstić information content (AvgIpc) is 0.809. The Labute approximate surface area is 523 Å². The van der Waals surface area contributed by atoms with Crippen LogP contribution in [0.5, 0.6) is 34.5 Å². The summed E-state index contributed by atoms with van der Waals surface area (Å²) in [6.45, 7) is 9.06. The van der Waals surface area contributed by atoms with Gasteiger partial charge in [0, 0.05) is 42.1 Å². The van der Waals surface area contributed by atoms with Gasteiger partial charge in [-0.2, -0.15) is 0 Å². The van der Waals surface area contributed by atoms with Gasteiger partial charge in [0.1, 0.15) is 66.0 Å². The lowest BCUT2D eigenvalue weighted by atomic mass is 9.90. The van der Waals surface area contributed by atoms with E-state index in [-0.39, 0.29) is 96.8 Å². The molecular formula is C76H74N2O12. The van der Waals surface area contributed by atoms with Gasteiger partial charge < -0.3 is 47.9 Å². The zero-order chi connectivity index (χ0) is 62.3. The Kier molecular flexibility index (Phi) is 20.0. The largest absolute Gasteiger partial charge is 0.489 e. The molecule has 0 unspecified atom stereocenters. The Morgan fingerprint density at radius 2 is 0.889 bits per heavy atom. The van der Waals surface area contributed by atoms with Gasteiger partial charge in [-0.15, -0.1) is 0 Å². The molecule has 90 heavy (non-hydrogen) atoms. The second kappa shape index (κ2) is 29.3. The monoisotopic (exact) mass is 1210 g/mol. The Balaban J connectivity index is 0.738. The van der Waals surface area contributed by atoms with E-state index in [4.69, 9.17) is 37.3 Å². The van der Waals surface area contributed by atoms with Crippen molar-refractivity contribution >= 4 is 33.8 Å². The zero-order valence-electron chi connectivity index (χ0n) is 51.3. The van der Waals surface area contributed by atoms with Crippen LogP contribution in [0.2, 0.25) is 0 Å². The molecule has 0 bridgehead atoms. The van der Waals surface area contributed by atoms with Gasteiger partial charge in [-0.25, -0.2) is 0 Å². The SMILES string of the molecule is Cc1cc(OCc2ccccc2)c2c(=O)c(OCCCC(=O)N[C@H]3CCCC[C@H]3NC(=O)CCCOc3c(-c4ccc(OCc5ccccc5)c(C)c4)oc4cc(OCc5ccccc5)cc(C)c4c3=O)c(-c3ccc(C)c(OCc4ccccc4)c3)oc2c1. The summed E-state index contributed by atoms with van der Waals surface area (Å²) in [6, 6.07) is 57.3. The molecule has 8 aromatic carbocycles. The van der Waals surface area contributed by atoms with E-state index >= 15 is 0 Å². The van der Waals surface area contributed by atoms with Crippen molar-refractivity contribution in [3.8, 4) is 57.1 Å². The predicted octanol–water partition coefficient (Wildman–Crippen LogP) is 15.3. The maximum atomic E-state index is 14.8. The van der Waals surface area contributed by atoms with Gasteiger partial charge in [0.05, 0.1) is 18.6 Å². The molecule has 1 aliphatic carbocycles. The molecule has 14 heteroatoms. The minimum Gasteiger partial charge on any atom is -0.489 e. The van der Waals surface area contributed by atoms with Crippen molar-refractivity contribution in [3.63, 3.8) is 0 Å². The third kappa shape index (κ3) is 15.4. The molecule has 1 aliphatic rings. The number of carbonyl (C=O) groups is 2. The fraction of sp³-hybridized carbons (Fsp3) is 0.263. The first-order chi connectivity index (χ1) is 43.9. The van der Waals surface area contributed by atoms with Crippen molar-refractivity contribution in [1.82, 2.24) is 10.6 Å². The normalized spacial score (nSPS) is 13.8. The zero-order valence-corrected chi connectivity index (χ0v) is 51.3. The molecule has 0 spiro atoms. The van der Waals surface area contributed by atoms with Crippen molar-refractivity contribution < 1.29 is 46.8 Å². The van der Waals surface area contributed by atoms with E-state index in [0.29, 0.717) is 95.3 Å². The molecule has 2 aromatic heterocycles. The van der Waals surface area contributed by atoms with Crippen LogP contribution in [0, 0.1) is 27.7 Å². The standard InChI is InChI=1S/C76H74N2O12/c1-49-39-64(88-48-56-27-15-8-16-28-56)70-65(40-49)89-74(58-34-33-50(2)63(43-58)87-47-55-25-13-7-14-26-55)76(72(70)82)84-38-20-32-68(80)78-61-30-18-17-29-60(61)77-67(79)31-19-37-83-75-71(81)69-52(4)42-59(85-45-53-21-9-5-10-22-53)44-66(69)90-73(75)57-35-36-62(51(3)41-57)86-46-54-23-11-6-12-24-54/h5-16,21-28,33-36,39-44,60-61H,17-20,29-32,37-38,45-48H2,1-4H3,(H,77,79)(H,78,80)/t60-,61+/m1/s1. The van der Waals surface area contributed by atoms with E-state index in [1.807, 2.05) is 204 Å². The topological polar surface area (TPSA) is 174 Å². The highest BCUT2D eigenvalue weighted by Crippen LogP contribution is 2.39. The van der Waals surface area contributed by atoms with Crippen LogP contribution in [0.4, 0.5) is 0 Å². The van der Waals surface area contributed by atoms with Gasteiger partial charge in [0.15, 0.2) is 11.5 Å². The van der Waals surface area contributed by atoms with Crippen LogP contribution < -0.4 is 49.9 Å². The van der Waals surface area contributed by atoms with Crippen molar-refractivity contribution in [2.45, 2.75) is 118 Å². The number of rotatable bonds is 26. The van der Waals surface area contributed by atoms with E-state index in [9.17, 15) is 19.2 Å². The fourth-order valence-corrected chi connectivity index (χ4v) is 11.3. The molecule has 0 saturated heterocycles. The smallest absolute Gasteiger partial charge is 0.239 e. The van der Waals surface area contributed by atoms with Crippen molar-refractivity contribution in [3.05, 3.63) is 247 Å². The number of hydrogen-bond donors (Lipinski definition) is 2. The summed E-state index contributed by atoms with van der Waals surface area (Å²) in [5.41, 5.74) is 8.41. The fourth-order valence-electron chi connectivity index (χ4n) is 11.3. The van der Waals surface area contributed by atoms with Crippen molar-refractivity contribution in [2.24, 2.45) is 0 Å². The number of aryl methyl sites for hydroxylation is 4. The quantitative estimate of drug-likeness (QED) is 0.0492. The molecule has 1 fully saturated rings. The number of fused-ring (bicyclic) bond motifs is 2. The number of amides is 2. The van der Waals surface area contributed by atoms with Crippen LogP contribution in [0.15, 0.2) is 200 Å². The Bertz CT molecular complexity index is 4240. The second-order valence-corrected chi connectivity index (χ2v) is 23.0. The van der Waals surface area contributed by atoms with Crippen LogP contribution in [0.25, 0.3) is 44.6 Å². The number of nitrogens with one attached hydrogen (secondary N) is 2. The summed E-state index contributed by atoms with van der Waals surface area (Å²) in [5, 5.41) is 7.00. The third-order valence-corrected chi connectivity index (χ3v) is 16.1. The maximum absolute atomic E-state index is 14.8. The van der Waals surface area contributed by atoms with Crippen molar-refractivity contribution in [1.29, 1.82) is 0 Å². The van der Waals surface area contributed by atoms with Crippen LogP contribution in [-0.2, 0) is 36.0 Å². The molecule has 10 aromatic rings. The number of hydrogen-bond acceptors (Lipinski definition) is 12. The van der Waals surface area contributed by atoms with E-state index in [1.165, 1.54) is 0 Å². The molecule has 14 nitrogen and oxygen atoms in total. The van der Waals surface area contributed by atoms with Crippen LogP contribution in [0.1, 0.15) is 95.9 Å². The van der Waals surface area contributed by atoms with Crippen LogP contribution >= 0.6 is 0 Å². The lowest BCUT2D eigenvalue weighted by molar-refractivity contribution is -0.125. The Hall–Kier alpha value is -10.1. The van der Waals surface area contributed by atoms with E-state index in [0.717, 1.165) is 51.8 Å². The first kappa shape index (κ1) is 61.6. The first-order valence-corrected chi connectivity index (χ1v) is 30.9. The summed E-state index contributed by atoms with van der Waals surface area (Å²) >= 11 is 0. The van der Waals surface area contributed by atoms with Gasteiger partial charge in [-0.05, 0) is 140 Å². The predicted molar refractivity (Wildman–Crippen MR) is 350 cm³/mol. The molecule has 0 radical (unpaired) electrons. The van der Waals surface area contributed by atoms with Crippen molar-refractivity contribution in [2.75, 3.05) is 13.2 Å². The average molecular weight is 1210 g/mol. The molecule has 2 amide bonds. The third-order valence-electron chi connectivity index (χ3n) is 16.1. The lowest BCUT2D eigenvalue weighted by Crippen LogP contribution is -2.53. The number of ether oxygens (including phenoxy) is 6. The Morgan fingerprint density at radius 1 is 0.433 bits per heavy atom. The van der Waals surface area contributed by atoms with Crippen LogP contribution in [0.3, 0.4) is 0 Å². The number of benzene rings is 8. The molecule has 2 heterocycles.